The minimum absolute atomic E-state index is 0.395. The molecule has 1 heterocycles. The molecule has 1 aromatic rings. The maximum Gasteiger partial charge on any atom is 0.0818 e. The predicted octanol–water partition coefficient (Wildman–Crippen LogP) is 2.83. The fourth-order valence-electron chi connectivity index (χ4n) is 3.25. The Morgan fingerprint density at radius 1 is 1.42 bits per heavy atom. The Morgan fingerprint density at radius 3 is 3.05 bits per heavy atom. The molecule has 3 atom stereocenters. The van der Waals surface area contributed by atoms with Gasteiger partial charge in [-0.2, -0.15) is 11.8 Å². The molecule has 1 aromatic carbocycles. The third-order valence-corrected chi connectivity index (χ3v) is 5.28. The van der Waals surface area contributed by atoms with Gasteiger partial charge in [-0.25, -0.2) is 0 Å². The van der Waals surface area contributed by atoms with E-state index in [9.17, 15) is 0 Å². The van der Waals surface area contributed by atoms with Crippen LogP contribution in [-0.2, 0) is 11.2 Å². The van der Waals surface area contributed by atoms with Crippen molar-refractivity contribution >= 4 is 11.8 Å². The Morgan fingerprint density at radius 2 is 2.32 bits per heavy atom. The van der Waals surface area contributed by atoms with E-state index in [2.05, 4.69) is 36.5 Å². The lowest BCUT2D eigenvalue weighted by molar-refractivity contribution is 0.0426. The molecule has 0 bridgehead atoms. The molecule has 0 spiro atoms. The molecule has 19 heavy (non-hydrogen) atoms. The first-order valence-corrected chi connectivity index (χ1v) is 8.54. The highest BCUT2D eigenvalue weighted by Crippen LogP contribution is 2.38. The molecule has 104 valence electrons. The van der Waals surface area contributed by atoms with Crippen molar-refractivity contribution in [3.8, 4) is 0 Å². The number of likely N-dealkylation sites (N-methyl/N-ethyl adjacent to an activating group) is 1. The van der Waals surface area contributed by atoms with Gasteiger partial charge >= 0.3 is 0 Å². The summed E-state index contributed by atoms with van der Waals surface area (Å²) in [6.45, 7) is 4.14. The minimum Gasteiger partial charge on any atom is -0.375 e. The average Bonchev–Trinajstić information content (AvgIpc) is 2.44. The molecule has 0 radical (unpaired) electrons. The summed E-state index contributed by atoms with van der Waals surface area (Å²) in [5.41, 5.74) is 3.11. The van der Waals surface area contributed by atoms with E-state index in [1.165, 1.54) is 12.8 Å². The second kappa shape index (κ2) is 6.29. The Hall–Kier alpha value is -0.510. The summed E-state index contributed by atoms with van der Waals surface area (Å²) < 4.78 is 5.97. The third kappa shape index (κ3) is 2.99. The summed E-state index contributed by atoms with van der Waals surface area (Å²) in [4.78, 5) is 0. The molecule has 0 amide bonds. The number of thioether (sulfide) groups is 1. The van der Waals surface area contributed by atoms with E-state index in [0.717, 1.165) is 30.6 Å². The van der Waals surface area contributed by atoms with Crippen molar-refractivity contribution in [2.45, 2.75) is 37.8 Å². The molecule has 0 saturated carbocycles. The van der Waals surface area contributed by atoms with Gasteiger partial charge in [0.2, 0.25) is 0 Å². The van der Waals surface area contributed by atoms with Crippen LogP contribution in [0.2, 0.25) is 0 Å². The molecule has 3 heteroatoms. The largest absolute Gasteiger partial charge is 0.375 e. The van der Waals surface area contributed by atoms with E-state index in [0.29, 0.717) is 12.1 Å². The van der Waals surface area contributed by atoms with E-state index in [1.54, 1.807) is 11.1 Å². The Kier molecular flexibility index (Phi) is 4.46. The van der Waals surface area contributed by atoms with Gasteiger partial charge in [0.25, 0.3) is 0 Å². The maximum absolute atomic E-state index is 5.97. The second-order valence-electron chi connectivity index (χ2n) is 5.48. The Labute approximate surface area is 120 Å². The van der Waals surface area contributed by atoms with Gasteiger partial charge in [0.15, 0.2) is 0 Å². The Bertz CT molecular complexity index is 417. The summed E-state index contributed by atoms with van der Waals surface area (Å²) in [6, 6.07) is 9.39. The molecule has 2 aliphatic rings. The van der Waals surface area contributed by atoms with Crippen LogP contribution in [0.5, 0.6) is 0 Å². The van der Waals surface area contributed by atoms with Crippen LogP contribution < -0.4 is 5.32 Å². The highest BCUT2D eigenvalue weighted by atomic mass is 32.2. The summed E-state index contributed by atoms with van der Waals surface area (Å²) in [5, 5.41) is 3.64. The number of hydrogen-bond acceptors (Lipinski definition) is 3. The van der Waals surface area contributed by atoms with E-state index < -0.39 is 0 Å². The highest BCUT2D eigenvalue weighted by Gasteiger charge is 2.32. The summed E-state index contributed by atoms with van der Waals surface area (Å²) in [7, 11) is 0. The van der Waals surface area contributed by atoms with Gasteiger partial charge in [0.05, 0.1) is 12.7 Å². The minimum atomic E-state index is 0.395. The molecule has 1 N–H and O–H groups in total. The van der Waals surface area contributed by atoms with Crippen LogP contribution in [0.3, 0.4) is 0 Å². The molecular weight excluding hydrogens is 254 g/mol. The summed E-state index contributed by atoms with van der Waals surface area (Å²) in [5.74, 6) is 3.03. The van der Waals surface area contributed by atoms with E-state index in [4.69, 9.17) is 4.74 Å². The average molecular weight is 277 g/mol. The quantitative estimate of drug-likeness (QED) is 0.894. The van der Waals surface area contributed by atoms with E-state index >= 15 is 0 Å². The van der Waals surface area contributed by atoms with Crippen molar-refractivity contribution < 1.29 is 4.74 Å². The van der Waals surface area contributed by atoms with Gasteiger partial charge in [0.1, 0.15) is 0 Å². The number of nitrogens with one attached hydrogen (secondary N) is 1. The highest BCUT2D eigenvalue weighted by molar-refractivity contribution is 7.99. The standard InChI is InChI=1S/C16H23NOS/c1-2-17-15(16-11-19-8-7-18-16)10-13-9-12-5-3-4-6-14(12)13/h3-6,13,15-17H,2,7-11H2,1H3. The Balaban J connectivity index is 1.62. The molecular formula is C16H23NOS. The summed E-state index contributed by atoms with van der Waals surface area (Å²) in [6.07, 6.45) is 2.86. The molecule has 1 fully saturated rings. The summed E-state index contributed by atoms with van der Waals surface area (Å²) >= 11 is 2.03. The zero-order valence-corrected chi connectivity index (χ0v) is 12.4. The first-order chi connectivity index (χ1) is 9.38. The lowest BCUT2D eigenvalue weighted by Gasteiger charge is -2.37. The van der Waals surface area contributed by atoms with Gasteiger partial charge < -0.3 is 10.1 Å². The van der Waals surface area contributed by atoms with Crippen LogP contribution in [0.1, 0.15) is 30.4 Å². The van der Waals surface area contributed by atoms with Crippen molar-refractivity contribution in [1.29, 1.82) is 0 Å². The van der Waals surface area contributed by atoms with Crippen LogP contribution in [0, 0.1) is 0 Å². The molecule has 2 nitrogen and oxygen atoms in total. The lowest BCUT2D eigenvalue weighted by Crippen LogP contribution is -2.46. The molecule has 0 aromatic heterocycles. The van der Waals surface area contributed by atoms with Crippen molar-refractivity contribution in [2.24, 2.45) is 0 Å². The first kappa shape index (κ1) is 13.5. The smallest absolute Gasteiger partial charge is 0.0818 e. The monoisotopic (exact) mass is 277 g/mol. The second-order valence-corrected chi connectivity index (χ2v) is 6.63. The van der Waals surface area contributed by atoms with Crippen molar-refractivity contribution in [1.82, 2.24) is 5.32 Å². The number of fused-ring (bicyclic) bond motifs is 1. The van der Waals surface area contributed by atoms with Crippen LogP contribution in [-0.4, -0.2) is 36.8 Å². The normalized spacial score (nSPS) is 27.4. The maximum atomic E-state index is 5.97. The lowest BCUT2D eigenvalue weighted by atomic mass is 9.74. The van der Waals surface area contributed by atoms with E-state index in [-0.39, 0.29) is 0 Å². The van der Waals surface area contributed by atoms with Gasteiger partial charge in [-0.1, -0.05) is 31.2 Å². The van der Waals surface area contributed by atoms with Crippen LogP contribution in [0.4, 0.5) is 0 Å². The van der Waals surface area contributed by atoms with Crippen molar-refractivity contribution in [2.75, 3.05) is 24.7 Å². The third-order valence-electron chi connectivity index (χ3n) is 4.26. The molecule has 1 aliphatic carbocycles. The topological polar surface area (TPSA) is 21.3 Å². The van der Waals surface area contributed by atoms with Crippen LogP contribution in [0.25, 0.3) is 0 Å². The van der Waals surface area contributed by atoms with Gasteiger partial charge in [-0.05, 0) is 36.4 Å². The van der Waals surface area contributed by atoms with E-state index in [1.807, 2.05) is 11.8 Å². The SMILES string of the molecule is CCNC(CC1Cc2ccccc21)C1CSCCO1. The van der Waals surface area contributed by atoms with Gasteiger partial charge in [0, 0.05) is 17.5 Å². The van der Waals surface area contributed by atoms with Crippen LogP contribution >= 0.6 is 11.8 Å². The van der Waals surface area contributed by atoms with Gasteiger partial charge in [-0.3, -0.25) is 0 Å². The fraction of sp³-hybridized carbons (Fsp3) is 0.625. The number of ether oxygens (including phenoxy) is 1. The van der Waals surface area contributed by atoms with Crippen LogP contribution in [0.15, 0.2) is 24.3 Å². The van der Waals surface area contributed by atoms with Gasteiger partial charge in [-0.15, -0.1) is 0 Å². The first-order valence-electron chi connectivity index (χ1n) is 7.39. The molecule has 3 rings (SSSR count). The van der Waals surface area contributed by atoms with Crippen molar-refractivity contribution in [3.63, 3.8) is 0 Å². The zero-order chi connectivity index (χ0) is 13.1. The van der Waals surface area contributed by atoms with Crippen molar-refractivity contribution in [3.05, 3.63) is 35.4 Å². The molecule has 1 aliphatic heterocycles. The number of benzene rings is 1. The molecule has 3 unspecified atom stereocenters. The molecule has 1 saturated heterocycles. The fourth-order valence-corrected chi connectivity index (χ4v) is 4.19. The predicted molar refractivity (Wildman–Crippen MR) is 82.0 cm³/mol. The number of hydrogen-bond donors (Lipinski definition) is 1. The number of rotatable bonds is 5. The zero-order valence-electron chi connectivity index (χ0n) is 11.6.